The highest BCUT2D eigenvalue weighted by Gasteiger charge is 2.36. The van der Waals surface area contributed by atoms with E-state index in [-0.39, 0.29) is 18.0 Å². The summed E-state index contributed by atoms with van der Waals surface area (Å²) >= 11 is 0. The fourth-order valence-electron chi connectivity index (χ4n) is 2.14. The summed E-state index contributed by atoms with van der Waals surface area (Å²) in [5.41, 5.74) is -3.11. The Hall–Kier alpha value is -2.19. The van der Waals surface area contributed by atoms with Gasteiger partial charge in [-0.1, -0.05) is 13.8 Å². The lowest BCUT2D eigenvalue weighted by Crippen LogP contribution is -2.35. The van der Waals surface area contributed by atoms with E-state index in [9.17, 15) is 27.6 Å². The van der Waals surface area contributed by atoms with E-state index in [2.05, 4.69) is 5.10 Å². The third-order valence-electron chi connectivity index (χ3n) is 3.12. The van der Waals surface area contributed by atoms with Gasteiger partial charge >= 0.3 is 12.1 Å². The van der Waals surface area contributed by atoms with Gasteiger partial charge in [-0.05, 0) is 18.4 Å². The van der Waals surface area contributed by atoms with E-state index >= 15 is 0 Å². The van der Waals surface area contributed by atoms with Crippen LogP contribution in [-0.4, -0.2) is 27.1 Å². The van der Waals surface area contributed by atoms with Gasteiger partial charge in [0.05, 0.1) is 18.2 Å². The zero-order valence-electron chi connectivity index (χ0n) is 12.6. The average Bonchev–Trinajstić information content (AvgIpc) is 2.39. The van der Waals surface area contributed by atoms with E-state index in [1.54, 1.807) is 13.8 Å². The highest BCUT2D eigenvalue weighted by atomic mass is 19.4. The maximum atomic E-state index is 12.9. The van der Waals surface area contributed by atoms with Gasteiger partial charge in [0.1, 0.15) is 11.8 Å². The van der Waals surface area contributed by atoms with E-state index in [1.807, 2.05) is 0 Å². The minimum Gasteiger partial charge on any atom is -0.481 e. The van der Waals surface area contributed by atoms with Gasteiger partial charge in [-0.3, -0.25) is 9.59 Å². The summed E-state index contributed by atoms with van der Waals surface area (Å²) in [6.07, 6.45) is -4.76. The second-order valence-corrected chi connectivity index (χ2v) is 5.57. The molecule has 0 radical (unpaired) electrons. The lowest BCUT2D eigenvalue weighted by Gasteiger charge is -2.17. The number of aliphatic carboxylic acids is 1. The summed E-state index contributed by atoms with van der Waals surface area (Å²) in [4.78, 5) is 33.6. The summed E-state index contributed by atoms with van der Waals surface area (Å²) in [5.74, 6) is -2.29. The quantitative estimate of drug-likeness (QED) is 0.767. The van der Waals surface area contributed by atoms with Crippen LogP contribution in [0.4, 0.5) is 13.2 Å². The average molecular weight is 334 g/mol. The number of nitrogens with zero attached hydrogens (tertiary/aromatic N) is 2. The Labute approximate surface area is 129 Å². The number of alkyl halides is 3. The molecule has 0 saturated carbocycles. The van der Waals surface area contributed by atoms with Crippen LogP contribution in [0.25, 0.3) is 0 Å². The summed E-state index contributed by atoms with van der Waals surface area (Å²) in [6, 6.07) is 0.519. The van der Waals surface area contributed by atoms with Crippen LogP contribution in [-0.2, 0) is 28.7 Å². The van der Waals surface area contributed by atoms with Crippen molar-refractivity contribution in [2.24, 2.45) is 11.8 Å². The molecule has 1 rings (SSSR count). The van der Waals surface area contributed by atoms with E-state index in [0.29, 0.717) is 17.0 Å². The van der Waals surface area contributed by atoms with Crippen molar-refractivity contribution in [1.82, 2.24) is 9.78 Å². The van der Waals surface area contributed by atoms with Crippen molar-refractivity contribution in [3.63, 3.8) is 0 Å². The predicted molar refractivity (Wildman–Crippen MR) is 73.8 cm³/mol. The van der Waals surface area contributed by atoms with Crippen LogP contribution in [0.1, 0.15) is 31.5 Å². The van der Waals surface area contributed by atoms with Crippen molar-refractivity contribution in [2.45, 2.75) is 39.4 Å². The number of halogens is 3. The summed E-state index contributed by atoms with van der Waals surface area (Å²) in [5, 5.41) is 12.8. The SMILES string of the molecule is CC(C)C[C@@H](Cn1nc(CC=O)cc(C(F)(F)F)c1=O)C(=O)O. The van der Waals surface area contributed by atoms with Crippen LogP contribution in [0.2, 0.25) is 0 Å². The summed E-state index contributed by atoms with van der Waals surface area (Å²) < 4.78 is 39.2. The number of carboxylic acids is 1. The van der Waals surface area contributed by atoms with Crippen LogP contribution < -0.4 is 5.56 Å². The number of carbonyl (C=O) groups is 2. The molecule has 1 heterocycles. The molecule has 0 aliphatic carbocycles. The number of hydrogen-bond donors (Lipinski definition) is 1. The molecule has 1 aromatic heterocycles. The molecule has 128 valence electrons. The number of aldehydes is 1. The third kappa shape index (κ3) is 5.19. The Morgan fingerprint density at radius 1 is 1.43 bits per heavy atom. The standard InChI is InChI=1S/C14H17F3N2O4/c1-8(2)5-9(13(22)23)7-19-12(21)11(14(15,16)17)6-10(18-19)3-4-20/h4,6,8-9H,3,5,7H2,1-2H3,(H,22,23)/t9-/m0/s1. The van der Waals surface area contributed by atoms with Gasteiger partial charge in [-0.15, -0.1) is 0 Å². The van der Waals surface area contributed by atoms with Gasteiger partial charge in [0.25, 0.3) is 5.56 Å². The maximum absolute atomic E-state index is 12.9. The second-order valence-electron chi connectivity index (χ2n) is 5.57. The minimum absolute atomic E-state index is 0.0213. The van der Waals surface area contributed by atoms with Gasteiger partial charge in [0.15, 0.2) is 0 Å². The van der Waals surface area contributed by atoms with Gasteiger partial charge in [-0.2, -0.15) is 18.3 Å². The molecular formula is C14H17F3N2O4. The largest absolute Gasteiger partial charge is 0.481 e. The van der Waals surface area contributed by atoms with E-state index < -0.39 is 42.2 Å². The van der Waals surface area contributed by atoms with Crippen LogP contribution in [0.3, 0.4) is 0 Å². The molecular weight excluding hydrogens is 317 g/mol. The predicted octanol–water partition coefficient (Wildman–Crippen LogP) is 1.75. The number of carboxylic acid groups (broad SMARTS) is 1. The lowest BCUT2D eigenvalue weighted by atomic mass is 9.97. The van der Waals surface area contributed by atoms with Gasteiger partial charge in [0, 0.05) is 6.42 Å². The fourth-order valence-corrected chi connectivity index (χ4v) is 2.14. The highest BCUT2D eigenvalue weighted by Crippen LogP contribution is 2.26. The van der Waals surface area contributed by atoms with Gasteiger partial charge < -0.3 is 9.90 Å². The van der Waals surface area contributed by atoms with Gasteiger partial charge in [-0.25, -0.2) is 4.68 Å². The van der Waals surface area contributed by atoms with Gasteiger partial charge in [0.2, 0.25) is 0 Å². The van der Waals surface area contributed by atoms with Crippen LogP contribution in [0.5, 0.6) is 0 Å². The van der Waals surface area contributed by atoms with Crippen molar-refractivity contribution in [2.75, 3.05) is 0 Å². The Morgan fingerprint density at radius 3 is 2.48 bits per heavy atom. The minimum atomic E-state index is -4.91. The van der Waals surface area contributed by atoms with Crippen molar-refractivity contribution in [3.05, 3.63) is 27.7 Å². The number of aromatic nitrogens is 2. The first-order valence-electron chi connectivity index (χ1n) is 6.91. The number of hydrogen-bond acceptors (Lipinski definition) is 4. The first kappa shape index (κ1) is 18.9. The molecule has 0 fully saturated rings. The Kier molecular flexibility index (Phi) is 6.05. The molecule has 9 heteroatoms. The molecule has 0 aliphatic rings. The molecule has 1 N–H and O–H groups in total. The summed E-state index contributed by atoms with van der Waals surface area (Å²) in [7, 11) is 0. The topological polar surface area (TPSA) is 89.3 Å². The molecule has 0 aliphatic heterocycles. The first-order chi connectivity index (χ1) is 10.6. The zero-order chi connectivity index (χ0) is 17.8. The molecule has 1 atom stereocenters. The Balaban J connectivity index is 3.33. The van der Waals surface area contributed by atoms with Crippen LogP contribution in [0.15, 0.2) is 10.9 Å². The smallest absolute Gasteiger partial charge is 0.421 e. The molecule has 0 spiro atoms. The normalized spacial score (nSPS) is 13.1. The Morgan fingerprint density at radius 2 is 2.04 bits per heavy atom. The monoisotopic (exact) mass is 334 g/mol. The second kappa shape index (κ2) is 7.38. The van der Waals surface area contributed by atoms with Crippen LogP contribution >= 0.6 is 0 Å². The molecule has 0 saturated heterocycles. The van der Waals surface area contributed by atoms with E-state index in [0.717, 1.165) is 0 Å². The molecule has 1 aromatic rings. The maximum Gasteiger partial charge on any atom is 0.421 e. The van der Waals surface area contributed by atoms with Crippen molar-refractivity contribution < 1.29 is 27.9 Å². The van der Waals surface area contributed by atoms with Crippen molar-refractivity contribution in [3.8, 4) is 0 Å². The van der Waals surface area contributed by atoms with Crippen molar-refractivity contribution >= 4 is 12.3 Å². The molecule has 23 heavy (non-hydrogen) atoms. The molecule has 0 bridgehead atoms. The highest BCUT2D eigenvalue weighted by molar-refractivity contribution is 5.69. The lowest BCUT2D eigenvalue weighted by molar-refractivity contribution is -0.143. The molecule has 6 nitrogen and oxygen atoms in total. The summed E-state index contributed by atoms with van der Waals surface area (Å²) in [6.45, 7) is 3.04. The molecule has 0 aromatic carbocycles. The van der Waals surface area contributed by atoms with Crippen molar-refractivity contribution in [1.29, 1.82) is 0 Å². The number of rotatable bonds is 7. The fraction of sp³-hybridized carbons (Fsp3) is 0.571. The Bertz CT molecular complexity index is 638. The van der Waals surface area contributed by atoms with Crippen LogP contribution in [0, 0.1) is 11.8 Å². The molecule has 0 amide bonds. The zero-order valence-corrected chi connectivity index (χ0v) is 12.6. The third-order valence-corrected chi connectivity index (χ3v) is 3.12. The molecule has 0 unspecified atom stereocenters. The number of carbonyl (C=O) groups excluding carboxylic acids is 1. The first-order valence-corrected chi connectivity index (χ1v) is 6.91. The van der Waals surface area contributed by atoms with E-state index in [1.165, 1.54) is 0 Å². The van der Waals surface area contributed by atoms with E-state index in [4.69, 9.17) is 5.11 Å².